The molecule has 1 aliphatic rings. The number of amides is 1. The van der Waals surface area contributed by atoms with Crippen LogP contribution in [0, 0.1) is 5.92 Å². The molecule has 2 unspecified atom stereocenters. The van der Waals surface area contributed by atoms with E-state index in [0.29, 0.717) is 18.2 Å². The molecule has 1 N–H and O–H groups in total. The minimum atomic E-state index is -0.0851. The molecular weight excluding hydrogens is 304 g/mol. The van der Waals surface area contributed by atoms with E-state index in [1.54, 1.807) is 16.2 Å². The fourth-order valence-electron chi connectivity index (χ4n) is 2.81. The number of aromatic nitrogens is 1. The van der Waals surface area contributed by atoms with E-state index in [9.17, 15) is 9.90 Å². The fourth-order valence-corrected chi connectivity index (χ4v) is 4.42. The maximum Gasteiger partial charge on any atom is 0.273 e. The van der Waals surface area contributed by atoms with Crippen LogP contribution in [0.15, 0.2) is 22.9 Å². The number of piperidine rings is 1. The molecule has 112 valence electrons. The van der Waals surface area contributed by atoms with Gasteiger partial charge in [-0.3, -0.25) is 4.79 Å². The molecule has 0 saturated carbocycles. The lowest BCUT2D eigenvalue weighted by Crippen LogP contribution is -2.49. The largest absolute Gasteiger partial charge is 0.394 e. The summed E-state index contributed by atoms with van der Waals surface area (Å²) < 4.78 is 0. The van der Waals surface area contributed by atoms with Crippen molar-refractivity contribution in [3.8, 4) is 9.88 Å². The fraction of sp³-hybridized carbons (Fsp3) is 0.467. The molecule has 0 bridgehead atoms. The first-order valence-corrected chi connectivity index (χ1v) is 8.88. The lowest BCUT2D eigenvalue weighted by atomic mass is 9.91. The molecule has 0 aliphatic carbocycles. The summed E-state index contributed by atoms with van der Waals surface area (Å²) in [4.78, 5) is 20.0. The second-order valence-corrected chi connectivity index (χ2v) is 7.19. The highest BCUT2D eigenvalue weighted by molar-refractivity contribution is 7.20. The van der Waals surface area contributed by atoms with Crippen LogP contribution in [0.2, 0.25) is 0 Å². The molecule has 0 radical (unpaired) electrons. The van der Waals surface area contributed by atoms with E-state index < -0.39 is 0 Å². The normalized spacial score (nSPS) is 22.5. The summed E-state index contributed by atoms with van der Waals surface area (Å²) >= 11 is 3.12. The van der Waals surface area contributed by atoms with Crippen molar-refractivity contribution in [2.75, 3.05) is 13.2 Å². The van der Waals surface area contributed by atoms with E-state index in [1.165, 1.54) is 11.3 Å². The van der Waals surface area contributed by atoms with Crippen molar-refractivity contribution in [1.29, 1.82) is 0 Å². The molecule has 6 heteroatoms. The van der Waals surface area contributed by atoms with Gasteiger partial charge in [0.1, 0.15) is 10.7 Å². The first-order chi connectivity index (χ1) is 10.2. The van der Waals surface area contributed by atoms with Gasteiger partial charge in [-0.1, -0.05) is 13.0 Å². The van der Waals surface area contributed by atoms with E-state index in [-0.39, 0.29) is 18.6 Å². The highest BCUT2D eigenvalue weighted by atomic mass is 32.1. The van der Waals surface area contributed by atoms with Crippen LogP contribution in [0.25, 0.3) is 9.88 Å². The molecular formula is C15H18N2O2S2. The van der Waals surface area contributed by atoms with Crippen LogP contribution < -0.4 is 0 Å². The Morgan fingerprint density at radius 3 is 3.10 bits per heavy atom. The molecule has 0 spiro atoms. The molecule has 0 aromatic carbocycles. The first kappa shape index (κ1) is 14.7. The Labute approximate surface area is 132 Å². The molecule has 3 rings (SSSR count). The summed E-state index contributed by atoms with van der Waals surface area (Å²) in [7, 11) is 0. The quantitative estimate of drug-likeness (QED) is 0.944. The standard InChI is InChI=1S/C15H18N2O2S2/c1-10-4-2-6-17(12(10)8-18)15(19)11-9-21-14(16-11)13-5-3-7-20-13/h3,5,7,9-10,12,18H,2,4,6,8H2,1H3. The molecule has 21 heavy (non-hydrogen) atoms. The molecule has 3 heterocycles. The van der Waals surface area contributed by atoms with Gasteiger partial charge in [0.2, 0.25) is 0 Å². The summed E-state index contributed by atoms with van der Waals surface area (Å²) in [5.41, 5.74) is 0.496. The van der Waals surface area contributed by atoms with Crippen LogP contribution in [0.3, 0.4) is 0 Å². The van der Waals surface area contributed by atoms with Crippen molar-refractivity contribution < 1.29 is 9.90 Å². The molecule has 1 amide bonds. The summed E-state index contributed by atoms with van der Waals surface area (Å²) in [5, 5.41) is 14.3. The number of likely N-dealkylation sites (tertiary alicyclic amines) is 1. The van der Waals surface area contributed by atoms with Crippen LogP contribution in [-0.2, 0) is 0 Å². The average molecular weight is 322 g/mol. The molecule has 2 aromatic rings. The van der Waals surface area contributed by atoms with Gasteiger partial charge in [-0.25, -0.2) is 4.98 Å². The third kappa shape index (κ3) is 2.88. The van der Waals surface area contributed by atoms with E-state index >= 15 is 0 Å². The van der Waals surface area contributed by atoms with Crippen LogP contribution in [-0.4, -0.2) is 40.1 Å². The maximum atomic E-state index is 12.7. The van der Waals surface area contributed by atoms with Gasteiger partial charge in [-0.2, -0.15) is 0 Å². The molecule has 1 aliphatic heterocycles. The third-order valence-electron chi connectivity index (χ3n) is 4.02. The average Bonchev–Trinajstić information content (AvgIpc) is 3.16. The number of thiophene rings is 1. The number of hydrogen-bond acceptors (Lipinski definition) is 5. The summed E-state index contributed by atoms with van der Waals surface area (Å²) in [6.45, 7) is 2.83. The van der Waals surface area contributed by atoms with Gasteiger partial charge in [-0.05, 0) is 30.2 Å². The van der Waals surface area contributed by atoms with Crippen molar-refractivity contribution >= 4 is 28.6 Å². The predicted octanol–water partition coefficient (Wildman–Crippen LogP) is 3.10. The monoisotopic (exact) mass is 322 g/mol. The Balaban J connectivity index is 1.81. The zero-order valence-corrected chi connectivity index (χ0v) is 13.5. The van der Waals surface area contributed by atoms with Gasteiger partial charge in [-0.15, -0.1) is 22.7 Å². The highest BCUT2D eigenvalue weighted by Crippen LogP contribution is 2.30. The van der Waals surface area contributed by atoms with Gasteiger partial charge in [0.05, 0.1) is 17.5 Å². The summed E-state index contributed by atoms with van der Waals surface area (Å²) in [6.07, 6.45) is 2.05. The number of carbonyl (C=O) groups excluding carboxylic acids is 1. The van der Waals surface area contributed by atoms with E-state index in [1.807, 2.05) is 22.9 Å². The van der Waals surface area contributed by atoms with Gasteiger partial charge < -0.3 is 10.0 Å². The lowest BCUT2D eigenvalue weighted by Gasteiger charge is -2.38. The number of rotatable bonds is 3. The Morgan fingerprint density at radius 1 is 1.52 bits per heavy atom. The molecule has 4 nitrogen and oxygen atoms in total. The second-order valence-electron chi connectivity index (χ2n) is 5.38. The van der Waals surface area contributed by atoms with Gasteiger partial charge in [0, 0.05) is 11.9 Å². The minimum Gasteiger partial charge on any atom is -0.394 e. The Kier molecular flexibility index (Phi) is 4.37. The lowest BCUT2D eigenvalue weighted by molar-refractivity contribution is 0.0354. The zero-order chi connectivity index (χ0) is 14.8. The van der Waals surface area contributed by atoms with Crippen LogP contribution in [0.5, 0.6) is 0 Å². The Bertz CT molecular complexity index is 609. The van der Waals surface area contributed by atoms with Crippen molar-refractivity contribution in [2.24, 2.45) is 5.92 Å². The first-order valence-electron chi connectivity index (χ1n) is 7.12. The van der Waals surface area contributed by atoms with Crippen molar-refractivity contribution in [3.63, 3.8) is 0 Å². The highest BCUT2D eigenvalue weighted by Gasteiger charge is 2.32. The SMILES string of the molecule is CC1CCCN(C(=O)c2csc(-c3cccs3)n2)C1CO. The molecule has 2 aromatic heterocycles. The number of thiazole rings is 1. The van der Waals surface area contributed by atoms with Crippen LogP contribution in [0.1, 0.15) is 30.3 Å². The molecule has 1 saturated heterocycles. The van der Waals surface area contributed by atoms with Crippen molar-refractivity contribution in [2.45, 2.75) is 25.8 Å². The zero-order valence-electron chi connectivity index (χ0n) is 11.9. The van der Waals surface area contributed by atoms with Gasteiger partial charge >= 0.3 is 0 Å². The smallest absolute Gasteiger partial charge is 0.273 e. The van der Waals surface area contributed by atoms with E-state index in [4.69, 9.17) is 0 Å². The number of aliphatic hydroxyl groups is 1. The molecule has 1 fully saturated rings. The van der Waals surface area contributed by atoms with Crippen LogP contribution in [0.4, 0.5) is 0 Å². The minimum absolute atomic E-state index is 0.0226. The number of carbonyl (C=O) groups is 1. The van der Waals surface area contributed by atoms with Crippen molar-refractivity contribution in [1.82, 2.24) is 9.88 Å². The number of aliphatic hydroxyl groups excluding tert-OH is 1. The number of hydrogen-bond donors (Lipinski definition) is 1. The summed E-state index contributed by atoms with van der Waals surface area (Å²) in [6, 6.07) is 3.91. The third-order valence-corrected chi connectivity index (χ3v) is 5.90. The number of nitrogens with zero attached hydrogens (tertiary/aromatic N) is 2. The van der Waals surface area contributed by atoms with Gasteiger partial charge in [0.15, 0.2) is 0 Å². The van der Waals surface area contributed by atoms with E-state index in [0.717, 1.165) is 22.7 Å². The second kappa shape index (κ2) is 6.25. The van der Waals surface area contributed by atoms with Gasteiger partial charge in [0.25, 0.3) is 5.91 Å². The van der Waals surface area contributed by atoms with Crippen LogP contribution >= 0.6 is 22.7 Å². The Hall–Kier alpha value is -1.24. The topological polar surface area (TPSA) is 53.4 Å². The Morgan fingerprint density at radius 2 is 2.38 bits per heavy atom. The predicted molar refractivity (Wildman–Crippen MR) is 85.7 cm³/mol. The molecule has 2 atom stereocenters. The maximum absolute atomic E-state index is 12.7. The summed E-state index contributed by atoms with van der Waals surface area (Å²) in [5.74, 6) is 0.280. The van der Waals surface area contributed by atoms with Crippen molar-refractivity contribution in [3.05, 3.63) is 28.6 Å². The van der Waals surface area contributed by atoms with E-state index in [2.05, 4.69) is 11.9 Å².